The van der Waals surface area contributed by atoms with E-state index in [0.29, 0.717) is 0 Å². The zero-order chi connectivity index (χ0) is 13.9. The Kier molecular flexibility index (Phi) is 3.88. The van der Waals surface area contributed by atoms with Crippen LogP contribution in [0.2, 0.25) is 0 Å². The zero-order valence-corrected chi connectivity index (χ0v) is 11.7. The Morgan fingerprint density at radius 3 is 2.58 bits per heavy atom. The molecule has 4 nitrogen and oxygen atoms in total. The molecular formula is C14H17NO3S. The molecule has 0 radical (unpaired) electrons. The van der Waals surface area contributed by atoms with Crippen LogP contribution in [0.25, 0.3) is 0 Å². The van der Waals surface area contributed by atoms with Crippen molar-refractivity contribution in [3.05, 3.63) is 35.4 Å². The average molecular weight is 279 g/mol. The maximum Gasteiger partial charge on any atom is 0.235 e. The molecule has 0 amide bonds. The smallest absolute Gasteiger partial charge is 0.229 e. The van der Waals surface area contributed by atoms with Crippen LogP contribution in [0.15, 0.2) is 29.3 Å². The minimum atomic E-state index is -3.06. The van der Waals surface area contributed by atoms with E-state index in [0.717, 1.165) is 36.8 Å². The highest BCUT2D eigenvalue weighted by Crippen LogP contribution is 2.42. The van der Waals surface area contributed by atoms with Crippen molar-refractivity contribution in [2.24, 2.45) is 4.99 Å². The Morgan fingerprint density at radius 2 is 2.00 bits per heavy atom. The first-order valence-electron chi connectivity index (χ1n) is 6.31. The molecule has 1 fully saturated rings. The van der Waals surface area contributed by atoms with Gasteiger partial charge in [-0.15, -0.1) is 0 Å². The summed E-state index contributed by atoms with van der Waals surface area (Å²) < 4.78 is 22.7. The van der Waals surface area contributed by atoms with Gasteiger partial charge in [0.05, 0.1) is 11.3 Å². The van der Waals surface area contributed by atoms with Gasteiger partial charge in [-0.1, -0.05) is 37.1 Å². The minimum absolute atomic E-state index is 0.0156. The Bertz CT molecular complexity index is 609. The van der Waals surface area contributed by atoms with Crippen molar-refractivity contribution >= 4 is 15.9 Å². The van der Waals surface area contributed by atoms with Crippen molar-refractivity contribution in [2.75, 3.05) is 6.26 Å². The van der Waals surface area contributed by atoms with Crippen molar-refractivity contribution in [2.45, 2.75) is 37.0 Å². The summed E-state index contributed by atoms with van der Waals surface area (Å²) in [6.07, 6.45) is 6.60. The van der Waals surface area contributed by atoms with Crippen LogP contribution in [-0.4, -0.2) is 20.8 Å². The third-order valence-corrected chi connectivity index (χ3v) is 4.44. The molecule has 102 valence electrons. The Hall–Kier alpha value is -1.45. The summed E-state index contributed by atoms with van der Waals surface area (Å²) in [5, 5.41) is 0. The lowest BCUT2D eigenvalue weighted by atomic mass is 9.88. The van der Waals surface area contributed by atoms with E-state index in [2.05, 4.69) is 4.99 Å². The van der Waals surface area contributed by atoms with Gasteiger partial charge in [-0.25, -0.2) is 13.2 Å². The first-order chi connectivity index (χ1) is 8.95. The summed E-state index contributed by atoms with van der Waals surface area (Å²) in [5.41, 5.74) is 1.18. The highest BCUT2D eigenvalue weighted by molar-refractivity contribution is 7.89. The number of nitrogens with zero attached hydrogens (tertiary/aromatic N) is 1. The van der Waals surface area contributed by atoms with Gasteiger partial charge in [0.15, 0.2) is 9.84 Å². The van der Waals surface area contributed by atoms with E-state index < -0.39 is 15.4 Å². The van der Waals surface area contributed by atoms with E-state index in [1.807, 2.05) is 18.2 Å². The molecule has 0 atom stereocenters. The lowest BCUT2D eigenvalue weighted by molar-refractivity contribution is 0.455. The molecule has 1 aromatic rings. The molecule has 0 aliphatic heterocycles. The van der Waals surface area contributed by atoms with Gasteiger partial charge < -0.3 is 0 Å². The van der Waals surface area contributed by atoms with Crippen molar-refractivity contribution < 1.29 is 13.2 Å². The van der Waals surface area contributed by atoms with E-state index in [1.54, 1.807) is 12.1 Å². The first-order valence-corrected chi connectivity index (χ1v) is 8.37. The maximum atomic E-state index is 11.4. The van der Waals surface area contributed by atoms with Crippen LogP contribution < -0.4 is 0 Å². The number of rotatable bonds is 4. The molecule has 1 aromatic carbocycles. The SMILES string of the molecule is CS(=O)(=O)Cc1cccc(C2(N=C=O)CCCC2)c1. The minimum Gasteiger partial charge on any atom is -0.229 e. The molecule has 2 rings (SSSR count). The van der Waals surface area contributed by atoms with Gasteiger partial charge in [-0.2, -0.15) is 4.99 Å². The number of aliphatic imine (C=N–C) groups is 1. The number of benzene rings is 1. The fourth-order valence-corrected chi connectivity index (χ4v) is 3.55. The van der Waals surface area contributed by atoms with Gasteiger partial charge in [0, 0.05) is 6.26 Å². The molecule has 5 heteroatoms. The average Bonchev–Trinajstić information content (AvgIpc) is 2.77. The Morgan fingerprint density at radius 1 is 1.32 bits per heavy atom. The van der Waals surface area contributed by atoms with Crippen LogP contribution >= 0.6 is 0 Å². The van der Waals surface area contributed by atoms with Crippen LogP contribution in [0.1, 0.15) is 36.8 Å². The van der Waals surface area contributed by atoms with Crippen molar-refractivity contribution in [1.29, 1.82) is 0 Å². The van der Waals surface area contributed by atoms with Gasteiger partial charge in [0.2, 0.25) is 6.08 Å². The molecular weight excluding hydrogens is 262 g/mol. The topological polar surface area (TPSA) is 63.6 Å². The highest BCUT2D eigenvalue weighted by atomic mass is 32.2. The van der Waals surface area contributed by atoms with Crippen LogP contribution in [-0.2, 0) is 25.9 Å². The molecule has 1 aliphatic rings. The number of carbonyl (C=O) groups excluding carboxylic acids is 1. The second-order valence-corrected chi connectivity index (χ2v) is 7.35. The maximum absolute atomic E-state index is 11.4. The molecule has 1 saturated carbocycles. The molecule has 0 aromatic heterocycles. The van der Waals surface area contributed by atoms with Crippen LogP contribution in [0.5, 0.6) is 0 Å². The molecule has 0 N–H and O–H groups in total. The molecule has 0 bridgehead atoms. The van der Waals surface area contributed by atoms with Crippen molar-refractivity contribution in [1.82, 2.24) is 0 Å². The molecule has 0 spiro atoms. The quantitative estimate of drug-likeness (QED) is 0.627. The zero-order valence-electron chi connectivity index (χ0n) is 10.9. The Balaban J connectivity index is 2.39. The Labute approximate surface area is 113 Å². The lowest BCUT2D eigenvalue weighted by Crippen LogP contribution is -2.19. The molecule has 19 heavy (non-hydrogen) atoms. The number of hydrogen-bond donors (Lipinski definition) is 0. The largest absolute Gasteiger partial charge is 0.235 e. The second-order valence-electron chi connectivity index (χ2n) is 5.21. The predicted molar refractivity (Wildman–Crippen MR) is 73.3 cm³/mol. The van der Waals surface area contributed by atoms with Gasteiger partial charge in [-0.05, 0) is 24.0 Å². The number of hydrogen-bond acceptors (Lipinski definition) is 4. The van der Waals surface area contributed by atoms with E-state index >= 15 is 0 Å². The summed E-state index contributed by atoms with van der Waals surface area (Å²) in [6.45, 7) is 0. The fraction of sp³-hybridized carbons (Fsp3) is 0.500. The second kappa shape index (κ2) is 5.27. The summed E-state index contributed by atoms with van der Waals surface area (Å²) in [4.78, 5) is 14.7. The van der Waals surface area contributed by atoms with Crippen LogP contribution in [0.4, 0.5) is 0 Å². The van der Waals surface area contributed by atoms with Crippen LogP contribution in [0.3, 0.4) is 0 Å². The van der Waals surface area contributed by atoms with E-state index in [-0.39, 0.29) is 5.75 Å². The van der Waals surface area contributed by atoms with Gasteiger partial charge in [-0.3, -0.25) is 0 Å². The molecule has 0 saturated heterocycles. The van der Waals surface area contributed by atoms with Crippen LogP contribution in [0, 0.1) is 0 Å². The van der Waals surface area contributed by atoms with E-state index in [9.17, 15) is 13.2 Å². The van der Waals surface area contributed by atoms with Gasteiger partial charge in [0.1, 0.15) is 0 Å². The summed E-state index contributed by atoms with van der Waals surface area (Å²) >= 11 is 0. The third-order valence-electron chi connectivity index (χ3n) is 3.58. The van der Waals surface area contributed by atoms with Crippen molar-refractivity contribution in [3.63, 3.8) is 0 Å². The normalized spacial score (nSPS) is 17.9. The fourth-order valence-electron chi connectivity index (χ4n) is 2.77. The number of isocyanates is 1. The summed E-state index contributed by atoms with van der Waals surface area (Å²) in [7, 11) is -3.06. The van der Waals surface area contributed by atoms with Gasteiger partial charge >= 0.3 is 0 Å². The summed E-state index contributed by atoms with van der Waals surface area (Å²) in [5.74, 6) is 0.0156. The standard InChI is InChI=1S/C14H17NO3S/c1-19(17,18)10-12-5-4-6-13(9-12)14(15-11-16)7-2-3-8-14/h4-6,9H,2-3,7-8,10H2,1H3. The summed E-state index contributed by atoms with van der Waals surface area (Å²) in [6, 6.07) is 7.39. The molecule has 0 unspecified atom stereocenters. The lowest BCUT2D eigenvalue weighted by Gasteiger charge is -2.23. The highest BCUT2D eigenvalue weighted by Gasteiger charge is 2.35. The van der Waals surface area contributed by atoms with E-state index in [1.165, 1.54) is 6.26 Å². The third kappa shape index (κ3) is 3.31. The molecule has 1 aliphatic carbocycles. The van der Waals surface area contributed by atoms with Gasteiger partial charge in [0.25, 0.3) is 0 Å². The monoisotopic (exact) mass is 279 g/mol. The first kappa shape index (κ1) is 14.0. The molecule has 0 heterocycles. The predicted octanol–water partition coefficient (Wildman–Crippen LogP) is 2.34. The number of sulfone groups is 1. The van der Waals surface area contributed by atoms with Crippen molar-refractivity contribution in [3.8, 4) is 0 Å². The van der Waals surface area contributed by atoms with E-state index in [4.69, 9.17) is 0 Å².